The lowest BCUT2D eigenvalue weighted by molar-refractivity contribution is 0.272. The Morgan fingerprint density at radius 3 is 2.93 bits per heavy atom. The standard InChI is InChI=1S/C20H24N4O2S/c1-4-23-9-8-14-16(10-23)27-19-18(14)20(25)24(21)17(22-19)11-26-15-7-5-6-12(2)13(15)3/h5-7H,4,8-11,21H2,1-3H3. The highest BCUT2D eigenvalue weighted by atomic mass is 32.1. The first-order valence-corrected chi connectivity index (χ1v) is 10.0. The number of benzene rings is 1. The molecule has 0 atom stereocenters. The maximum Gasteiger partial charge on any atom is 0.281 e. The number of hydrogen-bond donors (Lipinski definition) is 1. The van der Waals surface area contributed by atoms with Crippen molar-refractivity contribution in [1.82, 2.24) is 14.6 Å². The second-order valence-electron chi connectivity index (χ2n) is 6.99. The average molecular weight is 385 g/mol. The van der Waals surface area contributed by atoms with Crippen molar-refractivity contribution in [2.45, 2.75) is 40.3 Å². The van der Waals surface area contributed by atoms with Gasteiger partial charge in [-0.15, -0.1) is 11.3 Å². The molecule has 0 saturated heterocycles. The van der Waals surface area contributed by atoms with Gasteiger partial charge in [-0.05, 0) is 49.6 Å². The van der Waals surface area contributed by atoms with Crippen LogP contribution in [0, 0.1) is 13.8 Å². The molecule has 6 nitrogen and oxygen atoms in total. The van der Waals surface area contributed by atoms with E-state index in [2.05, 4.69) is 16.8 Å². The van der Waals surface area contributed by atoms with E-state index < -0.39 is 0 Å². The van der Waals surface area contributed by atoms with Crippen LogP contribution in [-0.2, 0) is 19.6 Å². The summed E-state index contributed by atoms with van der Waals surface area (Å²) in [7, 11) is 0. The molecule has 3 aromatic rings. The van der Waals surface area contributed by atoms with Crippen LogP contribution in [0.25, 0.3) is 10.2 Å². The van der Waals surface area contributed by atoms with Crippen molar-refractivity contribution in [2.24, 2.45) is 0 Å². The third-order valence-electron chi connectivity index (χ3n) is 5.42. The molecule has 1 aromatic carbocycles. The molecule has 7 heteroatoms. The van der Waals surface area contributed by atoms with Crippen LogP contribution in [0.4, 0.5) is 0 Å². The fraction of sp³-hybridized carbons (Fsp3) is 0.400. The lowest BCUT2D eigenvalue weighted by atomic mass is 10.1. The van der Waals surface area contributed by atoms with Crippen molar-refractivity contribution in [3.8, 4) is 5.75 Å². The maximum atomic E-state index is 12.9. The van der Waals surface area contributed by atoms with E-state index >= 15 is 0 Å². The summed E-state index contributed by atoms with van der Waals surface area (Å²) in [5.41, 5.74) is 3.18. The number of aromatic nitrogens is 2. The second-order valence-corrected chi connectivity index (χ2v) is 8.08. The zero-order valence-electron chi connectivity index (χ0n) is 15.9. The highest BCUT2D eigenvalue weighted by Gasteiger charge is 2.24. The molecule has 2 N–H and O–H groups in total. The number of nitrogens with two attached hydrogens (primary N) is 1. The van der Waals surface area contributed by atoms with E-state index in [1.807, 2.05) is 32.0 Å². The molecule has 0 saturated carbocycles. The fourth-order valence-electron chi connectivity index (χ4n) is 3.54. The summed E-state index contributed by atoms with van der Waals surface area (Å²) in [6, 6.07) is 5.92. The number of rotatable bonds is 4. The van der Waals surface area contributed by atoms with Gasteiger partial charge in [0.15, 0.2) is 5.82 Å². The summed E-state index contributed by atoms with van der Waals surface area (Å²) >= 11 is 1.61. The first kappa shape index (κ1) is 18.0. The predicted octanol–water partition coefficient (Wildman–Crippen LogP) is 2.75. The molecule has 4 rings (SSSR count). The summed E-state index contributed by atoms with van der Waals surface area (Å²) in [6.07, 6.45) is 0.873. The first-order chi connectivity index (χ1) is 13.0. The van der Waals surface area contributed by atoms with Crippen molar-refractivity contribution in [3.05, 3.63) is 55.9 Å². The summed E-state index contributed by atoms with van der Waals surface area (Å²) in [6.45, 7) is 9.24. The Labute approximate surface area is 162 Å². The molecule has 0 radical (unpaired) electrons. The minimum Gasteiger partial charge on any atom is -0.485 e. The van der Waals surface area contributed by atoms with Gasteiger partial charge in [0.25, 0.3) is 5.56 Å². The van der Waals surface area contributed by atoms with Gasteiger partial charge in [0.2, 0.25) is 0 Å². The largest absolute Gasteiger partial charge is 0.485 e. The number of ether oxygens (including phenoxy) is 1. The van der Waals surface area contributed by atoms with Crippen LogP contribution < -0.4 is 16.1 Å². The average Bonchev–Trinajstić information content (AvgIpc) is 3.03. The van der Waals surface area contributed by atoms with Crippen LogP contribution in [0.2, 0.25) is 0 Å². The quantitative estimate of drug-likeness (QED) is 0.700. The summed E-state index contributed by atoms with van der Waals surface area (Å²) in [4.78, 5) is 22.0. The SMILES string of the molecule is CCN1CCc2c(sc3nc(COc4cccc(C)c4C)n(N)c(=O)c23)C1. The van der Waals surface area contributed by atoms with Crippen LogP contribution in [0.15, 0.2) is 23.0 Å². The van der Waals surface area contributed by atoms with Gasteiger partial charge in [0.05, 0.1) is 5.39 Å². The van der Waals surface area contributed by atoms with Crippen molar-refractivity contribution in [1.29, 1.82) is 0 Å². The van der Waals surface area contributed by atoms with Gasteiger partial charge in [-0.2, -0.15) is 0 Å². The van der Waals surface area contributed by atoms with Gasteiger partial charge in [-0.25, -0.2) is 9.66 Å². The Kier molecular flexibility index (Phi) is 4.65. The van der Waals surface area contributed by atoms with Crippen LogP contribution in [-0.4, -0.2) is 27.6 Å². The molecule has 27 heavy (non-hydrogen) atoms. The third-order valence-corrected chi connectivity index (χ3v) is 6.53. The highest BCUT2D eigenvalue weighted by molar-refractivity contribution is 7.18. The Bertz CT molecular complexity index is 1070. The highest BCUT2D eigenvalue weighted by Crippen LogP contribution is 2.32. The van der Waals surface area contributed by atoms with Crippen molar-refractivity contribution < 1.29 is 4.74 Å². The van der Waals surface area contributed by atoms with Gasteiger partial charge >= 0.3 is 0 Å². The van der Waals surface area contributed by atoms with Gasteiger partial charge in [0, 0.05) is 18.0 Å². The topological polar surface area (TPSA) is 73.4 Å². The molecule has 1 aliphatic rings. The van der Waals surface area contributed by atoms with Crippen molar-refractivity contribution >= 4 is 21.6 Å². The molecule has 2 aromatic heterocycles. The van der Waals surface area contributed by atoms with Crippen molar-refractivity contribution in [3.63, 3.8) is 0 Å². The lowest BCUT2D eigenvalue weighted by Crippen LogP contribution is -2.33. The normalized spacial score (nSPS) is 14.5. The van der Waals surface area contributed by atoms with E-state index in [0.29, 0.717) is 11.2 Å². The predicted molar refractivity (Wildman–Crippen MR) is 109 cm³/mol. The van der Waals surface area contributed by atoms with E-state index in [-0.39, 0.29) is 12.2 Å². The Morgan fingerprint density at radius 1 is 1.33 bits per heavy atom. The van der Waals surface area contributed by atoms with Crippen LogP contribution in [0.1, 0.15) is 34.3 Å². The monoisotopic (exact) mass is 384 g/mol. The number of nitrogen functional groups attached to an aromatic ring is 1. The summed E-state index contributed by atoms with van der Waals surface area (Å²) < 4.78 is 7.06. The van der Waals surface area contributed by atoms with Crippen LogP contribution in [0.3, 0.4) is 0 Å². The molecule has 0 amide bonds. The lowest BCUT2D eigenvalue weighted by Gasteiger charge is -2.24. The summed E-state index contributed by atoms with van der Waals surface area (Å²) in [5, 5.41) is 0.684. The molecule has 0 aliphatic carbocycles. The minimum absolute atomic E-state index is 0.162. The molecular formula is C20H24N4O2S. The summed E-state index contributed by atoms with van der Waals surface area (Å²) in [5.74, 6) is 7.31. The fourth-order valence-corrected chi connectivity index (χ4v) is 4.82. The number of likely N-dealkylation sites (N-methyl/N-ethyl adjacent to an activating group) is 1. The first-order valence-electron chi connectivity index (χ1n) is 9.22. The molecule has 0 fully saturated rings. The van der Waals surface area contributed by atoms with Gasteiger partial charge in [-0.1, -0.05) is 19.1 Å². The van der Waals surface area contributed by atoms with Crippen LogP contribution in [0.5, 0.6) is 5.75 Å². The van der Waals surface area contributed by atoms with Crippen LogP contribution >= 0.6 is 11.3 Å². The molecule has 0 spiro atoms. The van der Waals surface area contributed by atoms with E-state index in [1.54, 1.807) is 11.3 Å². The third kappa shape index (κ3) is 3.11. The molecule has 142 valence electrons. The van der Waals surface area contributed by atoms with Gasteiger partial charge in [-0.3, -0.25) is 9.69 Å². The number of thiophene rings is 1. The van der Waals surface area contributed by atoms with Crippen molar-refractivity contribution in [2.75, 3.05) is 18.9 Å². The van der Waals surface area contributed by atoms with E-state index in [4.69, 9.17) is 10.6 Å². The Hall–Kier alpha value is -2.38. The van der Waals surface area contributed by atoms with E-state index in [9.17, 15) is 4.79 Å². The molecule has 3 heterocycles. The zero-order valence-corrected chi connectivity index (χ0v) is 16.7. The zero-order chi connectivity index (χ0) is 19.1. The molecule has 0 bridgehead atoms. The van der Waals surface area contributed by atoms with Gasteiger partial charge < -0.3 is 10.6 Å². The smallest absolute Gasteiger partial charge is 0.281 e. The second kappa shape index (κ2) is 6.98. The van der Waals surface area contributed by atoms with E-state index in [1.165, 1.54) is 4.88 Å². The Morgan fingerprint density at radius 2 is 2.15 bits per heavy atom. The maximum absolute atomic E-state index is 12.9. The van der Waals surface area contributed by atoms with E-state index in [0.717, 1.165) is 58.0 Å². The van der Waals surface area contributed by atoms with Gasteiger partial charge in [0.1, 0.15) is 17.2 Å². The number of hydrogen-bond acceptors (Lipinski definition) is 6. The number of nitrogens with zero attached hydrogens (tertiary/aromatic N) is 3. The Balaban J connectivity index is 1.69. The molecule has 0 unspecified atom stereocenters. The number of fused-ring (bicyclic) bond motifs is 3. The molecular weight excluding hydrogens is 360 g/mol. The number of aryl methyl sites for hydroxylation is 1. The molecule has 1 aliphatic heterocycles. The minimum atomic E-state index is -0.179.